The first-order chi connectivity index (χ1) is 7.20. The van der Waals surface area contributed by atoms with Crippen LogP contribution in [-0.2, 0) is 0 Å². The van der Waals surface area contributed by atoms with Gasteiger partial charge < -0.3 is 4.90 Å². The highest BCUT2D eigenvalue weighted by Crippen LogP contribution is 2.14. The summed E-state index contributed by atoms with van der Waals surface area (Å²) in [6.45, 7) is 5.36. The van der Waals surface area contributed by atoms with E-state index in [4.69, 9.17) is 0 Å². The zero-order valence-electron chi connectivity index (χ0n) is 9.60. The molecule has 0 saturated carbocycles. The number of anilines is 1. The molecule has 0 fully saturated rings. The van der Waals surface area contributed by atoms with Gasteiger partial charge in [0.25, 0.3) is 0 Å². The number of para-hydroxylation sites is 1. The van der Waals surface area contributed by atoms with E-state index in [1.165, 1.54) is 0 Å². The van der Waals surface area contributed by atoms with Crippen LogP contribution in [0.25, 0.3) is 0 Å². The van der Waals surface area contributed by atoms with E-state index in [9.17, 15) is 4.79 Å². The standard InChI is InChI=1S/C12H18N2O/c1-4-13(3)12(15)14(5-2)11-9-7-6-8-10-11/h6-10H,4-5H2,1-3H3. The molecule has 0 aliphatic heterocycles. The molecule has 2 amide bonds. The van der Waals surface area contributed by atoms with Gasteiger partial charge in [-0.3, -0.25) is 4.90 Å². The van der Waals surface area contributed by atoms with Gasteiger partial charge in [0.1, 0.15) is 0 Å². The van der Waals surface area contributed by atoms with Crippen molar-refractivity contribution in [2.45, 2.75) is 13.8 Å². The number of nitrogens with zero attached hydrogens (tertiary/aromatic N) is 2. The van der Waals surface area contributed by atoms with Crippen LogP contribution in [0.2, 0.25) is 0 Å². The van der Waals surface area contributed by atoms with Crippen molar-refractivity contribution in [1.82, 2.24) is 4.90 Å². The number of carbonyl (C=O) groups excluding carboxylic acids is 1. The van der Waals surface area contributed by atoms with Crippen LogP contribution in [-0.4, -0.2) is 31.1 Å². The Labute approximate surface area is 91.3 Å². The van der Waals surface area contributed by atoms with Gasteiger partial charge in [-0.25, -0.2) is 4.79 Å². The molecule has 82 valence electrons. The lowest BCUT2D eigenvalue weighted by Gasteiger charge is -2.26. The fourth-order valence-electron chi connectivity index (χ4n) is 1.38. The summed E-state index contributed by atoms with van der Waals surface area (Å²) in [5.74, 6) is 0. The molecule has 0 heterocycles. The fraction of sp³-hybridized carbons (Fsp3) is 0.417. The van der Waals surface area contributed by atoms with Crippen LogP contribution in [0.1, 0.15) is 13.8 Å². The molecule has 0 aromatic heterocycles. The first kappa shape index (κ1) is 11.6. The minimum absolute atomic E-state index is 0.0474. The zero-order valence-corrected chi connectivity index (χ0v) is 9.60. The third-order valence-electron chi connectivity index (χ3n) is 2.42. The summed E-state index contributed by atoms with van der Waals surface area (Å²) in [4.78, 5) is 15.4. The summed E-state index contributed by atoms with van der Waals surface area (Å²) in [6, 6.07) is 9.78. The van der Waals surface area contributed by atoms with E-state index in [0.29, 0.717) is 6.54 Å². The molecule has 0 unspecified atom stereocenters. The number of hydrogen-bond donors (Lipinski definition) is 0. The molecule has 0 atom stereocenters. The molecule has 0 aliphatic rings. The van der Waals surface area contributed by atoms with Gasteiger partial charge >= 0.3 is 6.03 Å². The number of benzene rings is 1. The molecular formula is C12H18N2O. The molecule has 1 aromatic rings. The SMILES string of the molecule is CCN(C)C(=O)N(CC)c1ccccc1. The molecule has 0 N–H and O–H groups in total. The number of amides is 2. The van der Waals surface area contributed by atoms with Crippen molar-refractivity contribution in [2.75, 3.05) is 25.0 Å². The molecule has 0 saturated heterocycles. The van der Waals surface area contributed by atoms with Gasteiger partial charge in [0.05, 0.1) is 0 Å². The Hall–Kier alpha value is -1.51. The van der Waals surface area contributed by atoms with Crippen molar-refractivity contribution in [3.8, 4) is 0 Å². The molecule has 0 aliphatic carbocycles. The molecule has 3 heteroatoms. The zero-order chi connectivity index (χ0) is 11.3. The van der Waals surface area contributed by atoms with Gasteiger partial charge in [-0.1, -0.05) is 18.2 Å². The van der Waals surface area contributed by atoms with Crippen molar-refractivity contribution in [3.05, 3.63) is 30.3 Å². The van der Waals surface area contributed by atoms with Crippen LogP contribution in [0.4, 0.5) is 10.5 Å². The van der Waals surface area contributed by atoms with Gasteiger partial charge in [-0.2, -0.15) is 0 Å². The average molecular weight is 206 g/mol. The summed E-state index contributed by atoms with van der Waals surface area (Å²) in [5, 5.41) is 0. The van der Waals surface area contributed by atoms with E-state index < -0.39 is 0 Å². The molecule has 0 radical (unpaired) electrons. The maximum Gasteiger partial charge on any atom is 0.324 e. The molecule has 3 nitrogen and oxygen atoms in total. The van der Waals surface area contributed by atoms with Gasteiger partial charge in [0.2, 0.25) is 0 Å². The van der Waals surface area contributed by atoms with Crippen molar-refractivity contribution in [3.63, 3.8) is 0 Å². The van der Waals surface area contributed by atoms with Gasteiger partial charge in [0.15, 0.2) is 0 Å². The maximum absolute atomic E-state index is 12.0. The first-order valence-corrected chi connectivity index (χ1v) is 5.28. The van der Waals surface area contributed by atoms with Gasteiger partial charge in [0, 0.05) is 25.8 Å². The highest BCUT2D eigenvalue weighted by molar-refractivity contribution is 5.91. The minimum Gasteiger partial charge on any atom is -0.328 e. The predicted octanol–water partition coefficient (Wildman–Crippen LogP) is 2.58. The van der Waals surface area contributed by atoms with E-state index in [2.05, 4.69) is 0 Å². The number of rotatable bonds is 3. The molecule has 1 rings (SSSR count). The maximum atomic E-state index is 12.0. The summed E-state index contributed by atoms with van der Waals surface area (Å²) < 4.78 is 0. The van der Waals surface area contributed by atoms with Crippen LogP contribution in [0.15, 0.2) is 30.3 Å². The predicted molar refractivity (Wildman–Crippen MR) is 63.2 cm³/mol. The van der Waals surface area contributed by atoms with E-state index >= 15 is 0 Å². The van der Waals surface area contributed by atoms with E-state index in [0.717, 1.165) is 12.2 Å². The van der Waals surface area contributed by atoms with Crippen LogP contribution in [0.5, 0.6) is 0 Å². The van der Waals surface area contributed by atoms with Crippen molar-refractivity contribution < 1.29 is 4.79 Å². The quantitative estimate of drug-likeness (QED) is 0.745. The fourth-order valence-corrected chi connectivity index (χ4v) is 1.38. The third kappa shape index (κ3) is 2.72. The monoisotopic (exact) mass is 206 g/mol. The Morgan fingerprint density at radius 2 is 1.73 bits per heavy atom. The smallest absolute Gasteiger partial charge is 0.324 e. The number of carbonyl (C=O) groups is 1. The summed E-state index contributed by atoms with van der Waals surface area (Å²) >= 11 is 0. The largest absolute Gasteiger partial charge is 0.328 e. The average Bonchev–Trinajstić information content (AvgIpc) is 2.30. The van der Waals surface area contributed by atoms with E-state index in [1.54, 1.807) is 9.80 Å². The second kappa shape index (κ2) is 5.39. The summed E-state index contributed by atoms with van der Waals surface area (Å²) in [7, 11) is 1.81. The van der Waals surface area contributed by atoms with Crippen LogP contribution in [0, 0.1) is 0 Å². The Morgan fingerprint density at radius 1 is 1.13 bits per heavy atom. The summed E-state index contributed by atoms with van der Waals surface area (Å²) in [5.41, 5.74) is 0.949. The second-order valence-electron chi connectivity index (χ2n) is 3.38. The molecular weight excluding hydrogens is 188 g/mol. The van der Waals surface area contributed by atoms with Crippen molar-refractivity contribution in [1.29, 1.82) is 0 Å². The van der Waals surface area contributed by atoms with E-state index in [1.807, 2.05) is 51.2 Å². The highest BCUT2D eigenvalue weighted by atomic mass is 16.2. The van der Waals surface area contributed by atoms with Crippen molar-refractivity contribution >= 4 is 11.7 Å². The Kier molecular flexibility index (Phi) is 4.16. The molecule has 15 heavy (non-hydrogen) atoms. The topological polar surface area (TPSA) is 23.6 Å². The van der Waals surface area contributed by atoms with Gasteiger partial charge in [-0.05, 0) is 26.0 Å². The van der Waals surface area contributed by atoms with E-state index in [-0.39, 0.29) is 6.03 Å². The second-order valence-corrected chi connectivity index (χ2v) is 3.38. The Balaban J connectivity index is 2.85. The van der Waals surface area contributed by atoms with Crippen LogP contribution in [0.3, 0.4) is 0 Å². The Bertz CT molecular complexity index is 311. The molecule has 0 spiro atoms. The lowest BCUT2D eigenvalue weighted by atomic mass is 10.3. The highest BCUT2D eigenvalue weighted by Gasteiger charge is 2.16. The van der Waals surface area contributed by atoms with Crippen LogP contribution >= 0.6 is 0 Å². The Morgan fingerprint density at radius 3 is 2.20 bits per heavy atom. The van der Waals surface area contributed by atoms with Crippen LogP contribution < -0.4 is 4.90 Å². The minimum atomic E-state index is 0.0474. The lowest BCUT2D eigenvalue weighted by Crippen LogP contribution is -2.41. The first-order valence-electron chi connectivity index (χ1n) is 5.28. The van der Waals surface area contributed by atoms with Crippen molar-refractivity contribution in [2.24, 2.45) is 0 Å². The molecule has 0 bridgehead atoms. The number of urea groups is 1. The normalized spacial score (nSPS) is 9.80. The molecule has 1 aromatic carbocycles. The third-order valence-corrected chi connectivity index (χ3v) is 2.42. The summed E-state index contributed by atoms with van der Waals surface area (Å²) in [6.07, 6.45) is 0. The van der Waals surface area contributed by atoms with Gasteiger partial charge in [-0.15, -0.1) is 0 Å². The number of hydrogen-bond acceptors (Lipinski definition) is 1. The lowest BCUT2D eigenvalue weighted by molar-refractivity contribution is 0.218.